The maximum atomic E-state index is 13.1. The highest BCUT2D eigenvalue weighted by Crippen LogP contribution is 2.23. The molecular weight excluding hydrogens is 395 g/mol. The van der Waals surface area contributed by atoms with Crippen LogP contribution in [0.2, 0.25) is 0 Å². The summed E-state index contributed by atoms with van der Waals surface area (Å²) in [4.78, 5) is 16.5. The van der Waals surface area contributed by atoms with Crippen molar-refractivity contribution in [1.29, 1.82) is 0 Å². The summed E-state index contributed by atoms with van der Waals surface area (Å²) in [6, 6.07) is 15.9. The molecule has 1 fully saturated rings. The van der Waals surface area contributed by atoms with Gasteiger partial charge in [0.1, 0.15) is 11.6 Å². The molecule has 6 nitrogen and oxygen atoms in total. The second-order valence-corrected chi connectivity index (χ2v) is 7.66. The SMILES string of the molecule is Cc1cccc(C)c1OCC(=O)N1CCN(c2ccc(-c3ccc(F)cc3)nn2)CC1. The van der Waals surface area contributed by atoms with E-state index in [0.717, 1.165) is 28.3 Å². The summed E-state index contributed by atoms with van der Waals surface area (Å²) in [5, 5.41) is 8.59. The van der Waals surface area contributed by atoms with E-state index in [2.05, 4.69) is 15.1 Å². The Kier molecular flexibility index (Phi) is 6.11. The number of hydrogen-bond acceptors (Lipinski definition) is 5. The van der Waals surface area contributed by atoms with Crippen LogP contribution in [0, 0.1) is 19.7 Å². The Labute approximate surface area is 181 Å². The first-order chi connectivity index (χ1) is 15.0. The topological polar surface area (TPSA) is 58.6 Å². The van der Waals surface area contributed by atoms with E-state index in [1.807, 2.05) is 49.1 Å². The summed E-state index contributed by atoms with van der Waals surface area (Å²) in [5.74, 6) is 1.26. The highest BCUT2D eigenvalue weighted by atomic mass is 19.1. The predicted molar refractivity (Wildman–Crippen MR) is 118 cm³/mol. The van der Waals surface area contributed by atoms with E-state index in [1.54, 1.807) is 12.1 Å². The number of hydrogen-bond donors (Lipinski definition) is 0. The van der Waals surface area contributed by atoms with E-state index in [9.17, 15) is 9.18 Å². The minimum atomic E-state index is -0.278. The van der Waals surface area contributed by atoms with Gasteiger partial charge < -0.3 is 14.5 Å². The van der Waals surface area contributed by atoms with Crippen LogP contribution in [-0.2, 0) is 4.79 Å². The van der Waals surface area contributed by atoms with Gasteiger partial charge in [0.25, 0.3) is 5.91 Å². The van der Waals surface area contributed by atoms with Crippen molar-refractivity contribution in [3.63, 3.8) is 0 Å². The van der Waals surface area contributed by atoms with Gasteiger partial charge in [-0.05, 0) is 61.4 Å². The van der Waals surface area contributed by atoms with Gasteiger partial charge in [0.05, 0.1) is 5.69 Å². The van der Waals surface area contributed by atoms with Gasteiger partial charge in [-0.1, -0.05) is 18.2 Å². The molecule has 2 aromatic carbocycles. The Balaban J connectivity index is 1.31. The number of carbonyl (C=O) groups excluding carboxylic acids is 1. The van der Waals surface area contributed by atoms with E-state index < -0.39 is 0 Å². The smallest absolute Gasteiger partial charge is 0.260 e. The number of anilines is 1. The van der Waals surface area contributed by atoms with Crippen molar-refractivity contribution in [3.05, 3.63) is 71.5 Å². The van der Waals surface area contributed by atoms with Gasteiger partial charge in [0.2, 0.25) is 0 Å². The number of halogens is 1. The first-order valence-corrected chi connectivity index (χ1v) is 10.3. The molecule has 3 aromatic rings. The van der Waals surface area contributed by atoms with E-state index >= 15 is 0 Å². The summed E-state index contributed by atoms with van der Waals surface area (Å²) in [6.45, 7) is 6.58. The Morgan fingerprint density at radius 3 is 2.23 bits per heavy atom. The maximum Gasteiger partial charge on any atom is 0.260 e. The predicted octanol–water partition coefficient (Wildman–Crippen LogP) is 3.63. The van der Waals surface area contributed by atoms with Crippen LogP contribution in [0.3, 0.4) is 0 Å². The summed E-state index contributed by atoms with van der Waals surface area (Å²) in [6.07, 6.45) is 0. The Morgan fingerprint density at radius 2 is 1.61 bits per heavy atom. The van der Waals surface area contributed by atoms with Crippen LogP contribution in [-0.4, -0.2) is 53.8 Å². The van der Waals surface area contributed by atoms with Gasteiger partial charge >= 0.3 is 0 Å². The van der Waals surface area contributed by atoms with Crippen molar-refractivity contribution in [3.8, 4) is 17.0 Å². The third kappa shape index (κ3) is 4.82. The van der Waals surface area contributed by atoms with Crippen molar-refractivity contribution in [1.82, 2.24) is 15.1 Å². The highest BCUT2D eigenvalue weighted by Gasteiger charge is 2.23. The molecule has 1 saturated heterocycles. The lowest BCUT2D eigenvalue weighted by Crippen LogP contribution is -2.50. The fourth-order valence-electron chi connectivity index (χ4n) is 3.71. The number of nitrogens with zero attached hydrogens (tertiary/aromatic N) is 4. The maximum absolute atomic E-state index is 13.1. The van der Waals surface area contributed by atoms with Crippen molar-refractivity contribution in [2.45, 2.75) is 13.8 Å². The van der Waals surface area contributed by atoms with Crippen LogP contribution in [0.25, 0.3) is 11.3 Å². The number of aromatic nitrogens is 2. The van der Waals surface area contributed by atoms with Crippen LogP contribution in [0.15, 0.2) is 54.6 Å². The van der Waals surface area contributed by atoms with Crippen molar-refractivity contribution < 1.29 is 13.9 Å². The van der Waals surface area contributed by atoms with Gasteiger partial charge in [-0.3, -0.25) is 4.79 Å². The Morgan fingerprint density at radius 1 is 0.935 bits per heavy atom. The van der Waals surface area contributed by atoms with Crippen LogP contribution < -0.4 is 9.64 Å². The quantitative estimate of drug-likeness (QED) is 0.631. The number of aryl methyl sites for hydroxylation is 2. The van der Waals surface area contributed by atoms with Crippen LogP contribution >= 0.6 is 0 Å². The third-order valence-corrected chi connectivity index (χ3v) is 5.50. The number of ether oxygens (including phenoxy) is 1. The molecule has 1 aliphatic rings. The molecule has 0 unspecified atom stereocenters. The summed E-state index contributed by atoms with van der Waals surface area (Å²) < 4.78 is 18.9. The van der Waals surface area contributed by atoms with Crippen molar-refractivity contribution in [2.75, 3.05) is 37.7 Å². The fourth-order valence-corrected chi connectivity index (χ4v) is 3.71. The number of amides is 1. The lowest BCUT2D eigenvalue weighted by Gasteiger charge is -2.35. The third-order valence-electron chi connectivity index (χ3n) is 5.50. The van der Waals surface area contributed by atoms with E-state index in [4.69, 9.17) is 4.74 Å². The molecule has 1 aromatic heterocycles. The molecule has 4 rings (SSSR count). The molecule has 2 heterocycles. The van der Waals surface area contributed by atoms with Crippen molar-refractivity contribution in [2.24, 2.45) is 0 Å². The van der Waals surface area contributed by atoms with Gasteiger partial charge in [0, 0.05) is 31.7 Å². The zero-order valence-corrected chi connectivity index (χ0v) is 17.7. The average molecular weight is 420 g/mol. The van der Waals surface area contributed by atoms with Gasteiger partial charge in [-0.25, -0.2) is 4.39 Å². The molecule has 1 amide bonds. The zero-order chi connectivity index (χ0) is 21.8. The average Bonchev–Trinajstić information content (AvgIpc) is 2.79. The van der Waals surface area contributed by atoms with Crippen LogP contribution in [0.1, 0.15) is 11.1 Å². The Bertz CT molecular complexity index is 1030. The standard InChI is InChI=1S/C24H25FN4O2/c1-17-4-3-5-18(2)24(17)31-16-23(30)29-14-12-28(13-15-29)22-11-10-21(26-27-22)19-6-8-20(25)9-7-19/h3-11H,12-16H2,1-2H3. The summed E-state index contributed by atoms with van der Waals surface area (Å²) in [5.41, 5.74) is 3.57. The first-order valence-electron chi connectivity index (χ1n) is 10.3. The molecule has 31 heavy (non-hydrogen) atoms. The largest absolute Gasteiger partial charge is 0.483 e. The highest BCUT2D eigenvalue weighted by molar-refractivity contribution is 5.78. The summed E-state index contributed by atoms with van der Waals surface area (Å²) >= 11 is 0. The number of benzene rings is 2. The molecule has 0 radical (unpaired) electrons. The van der Waals surface area contributed by atoms with E-state index in [0.29, 0.717) is 31.9 Å². The fraction of sp³-hybridized carbons (Fsp3) is 0.292. The second kappa shape index (κ2) is 9.12. The van der Waals surface area contributed by atoms with Crippen molar-refractivity contribution >= 4 is 11.7 Å². The monoisotopic (exact) mass is 420 g/mol. The number of para-hydroxylation sites is 1. The molecule has 0 bridgehead atoms. The first kappa shape index (κ1) is 20.8. The number of piperazine rings is 1. The minimum absolute atomic E-state index is 0.0138. The molecule has 0 saturated carbocycles. The van der Waals surface area contributed by atoms with E-state index in [-0.39, 0.29) is 18.3 Å². The lowest BCUT2D eigenvalue weighted by molar-refractivity contribution is -0.133. The molecule has 0 N–H and O–H groups in total. The lowest BCUT2D eigenvalue weighted by atomic mass is 10.1. The zero-order valence-electron chi connectivity index (χ0n) is 17.7. The number of carbonyl (C=O) groups is 1. The molecule has 0 atom stereocenters. The molecular formula is C24H25FN4O2. The molecule has 0 aliphatic carbocycles. The van der Waals surface area contributed by atoms with Gasteiger partial charge in [-0.15, -0.1) is 10.2 Å². The van der Waals surface area contributed by atoms with Crippen LogP contribution in [0.4, 0.5) is 10.2 Å². The Hall–Kier alpha value is -3.48. The molecule has 7 heteroatoms. The molecule has 1 aliphatic heterocycles. The summed E-state index contributed by atoms with van der Waals surface area (Å²) in [7, 11) is 0. The molecule has 0 spiro atoms. The molecule has 160 valence electrons. The normalized spacial score (nSPS) is 13.9. The van der Waals surface area contributed by atoms with Crippen LogP contribution in [0.5, 0.6) is 5.75 Å². The minimum Gasteiger partial charge on any atom is -0.483 e. The van der Waals surface area contributed by atoms with Gasteiger partial charge in [0.15, 0.2) is 12.4 Å². The second-order valence-electron chi connectivity index (χ2n) is 7.66. The van der Waals surface area contributed by atoms with E-state index in [1.165, 1.54) is 12.1 Å². The number of rotatable bonds is 5. The van der Waals surface area contributed by atoms with Gasteiger partial charge in [-0.2, -0.15) is 0 Å².